The average molecular weight is 313 g/mol. The van der Waals surface area contributed by atoms with E-state index >= 15 is 0 Å². The number of hydrogen-bond acceptors (Lipinski definition) is 6. The number of nitrogen functional groups attached to an aromatic ring is 1. The van der Waals surface area contributed by atoms with Crippen molar-refractivity contribution in [1.82, 2.24) is 15.0 Å². The largest absolute Gasteiger partial charge is 0.515 e. The Morgan fingerprint density at radius 1 is 1.39 bits per heavy atom. The molecule has 0 aliphatic carbocycles. The number of carbonyl (C=O) groups excluding carboxylic acids is 1. The number of nitrogens with zero attached hydrogens (tertiary/aromatic N) is 3. The highest BCUT2D eigenvalue weighted by atomic mass is 79.9. The van der Waals surface area contributed by atoms with Crippen LogP contribution in [-0.2, 0) is 4.74 Å². The summed E-state index contributed by atoms with van der Waals surface area (Å²) in [7, 11) is 1.19. The van der Waals surface area contributed by atoms with E-state index in [2.05, 4.69) is 31.0 Å². The number of ether oxygens (including phenoxy) is 2. The Hall–Kier alpha value is -2.09. The number of hydrogen-bond donors (Lipinski definition) is 1. The molecule has 2 N–H and O–H groups in total. The zero-order valence-corrected chi connectivity index (χ0v) is 10.9. The molecule has 0 aliphatic rings. The van der Waals surface area contributed by atoms with E-state index in [1.54, 1.807) is 12.1 Å². The third kappa shape index (κ3) is 2.43. The van der Waals surface area contributed by atoms with E-state index in [1.807, 2.05) is 12.1 Å². The number of anilines is 1. The van der Waals surface area contributed by atoms with E-state index in [-0.39, 0.29) is 11.7 Å². The van der Waals surface area contributed by atoms with Crippen molar-refractivity contribution >= 4 is 27.9 Å². The van der Waals surface area contributed by atoms with Gasteiger partial charge in [0.2, 0.25) is 0 Å². The molecule has 0 saturated heterocycles. The predicted octanol–water partition coefficient (Wildman–Crippen LogP) is 1.76. The lowest BCUT2D eigenvalue weighted by Crippen LogP contribution is -2.09. The third-order valence-electron chi connectivity index (χ3n) is 2.09. The van der Waals surface area contributed by atoms with Gasteiger partial charge in [-0.25, -0.2) is 4.79 Å². The monoisotopic (exact) mass is 312 g/mol. The zero-order chi connectivity index (χ0) is 13.1. The SMILES string of the molecule is COC(=O)Oc1nnn(-c2ccc(Br)cc2)c1N. The number of nitrogens with two attached hydrogens (primary N) is 1. The lowest BCUT2D eigenvalue weighted by Gasteiger charge is -2.03. The van der Waals surface area contributed by atoms with Crippen LogP contribution >= 0.6 is 15.9 Å². The Labute approximate surface area is 111 Å². The average Bonchev–Trinajstić information content (AvgIpc) is 2.72. The van der Waals surface area contributed by atoms with E-state index in [1.165, 1.54) is 11.8 Å². The molecule has 1 heterocycles. The van der Waals surface area contributed by atoms with E-state index in [9.17, 15) is 4.79 Å². The first-order valence-corrected chi connectivity index (χ1v) is 5.64. The molecule has 7 nitrogen and oxygen atoms in total. The van der Waals surface area contributed by atoms with Crippen molar-refractivity contribution in [3.8, 4) is 11.6 Å². The second-order valence-electron chi connectivity index (χ2n) is 3.22. The highest BCUT2D eigenvalue weighted by molar-refractivity contribution is 9.10. The van der Waals surface area contributed by atoms with Crippen LogP contribution in [0.2, 0.25) is 0 Å². The Bertz CT molecular complexity index is 567. The fourth-order valence-corrected chi connectivity index (χ4v) is 1.51. The lowest BCUT2D eigenvalue weighted by molar-refractivity contribution is 0.120. The van der Waals surface area contributed by atoms with Gasteiger partial charge in [-0.15, -0.1) is 0 Å². The highest BCUT2D eigenvalue weighted by Crippen LogP contribution is 2.22. The molecule has 0 amide bonds. The zero-order valence-electron chi connectivity index (χ0n) is 9.33. The molecule has 0 aliphatic heterocycles. The van der Waals surface area contributed by atoms with Gasteiger partial charge in [-0.2, -0.15) is 4.68 Å². The fourth-order valence-electron chi connectivity index (χ4n) is 1.24. The van der Waals surface area contributed by atoms with Gasteiger partial charge < -0.3 is 15.2 Å². The first kappa shape index (κ1) is 12.4. The van der Waals surface area contributed by atoms with E-state index in [0.717, 1.165) is 4.47 Å². The van der Waals surface area contributed by atoms with Crippen LogP contribution < -0.4 is 10.5 Å². The fraction of sp³-hybridized carbons (Fsp3) is 0.100. The van der Waals surface area contributed by atoms with Gasteiger partial charge in [-0.1, -0.05) is 26.2 Å². The van der Waals surface area contributed by atoms with Gasteiger partial charge in [0.05, 0.1) is 12.8 Å². The number of methoxy groups -OCH3 is 1. The topological polar surface area (TPSA) is 92.3 Å². The number of aromatic nitrogens is 3. The van der Waals surface area contributed by atoms with Crippen LogP contribution in [0.15, 0.2) is 28.7 Å². The summed E-state index contributed by atoms with van der Waals surface area (Å²) in [5.74, 6) is 0.0208. The highest BCUT2D eigenvalue weighted by Gasteiger charge is 2.15. The summed E-state index contributed by atoms with van der Waals surface area (Å²) in [6.07, 6.45) is -0.899. The predicted molar refractivity (Wildman–Crippen MR) is 66.5 cm³/mol. The van der Waals surface area contributed by atoms with Gasteiger partial charge >= 0.3 is 6.16 Å². The molecule has 1 aromatic carbocycles. The van der Waals surface area contributed by atoms with E-state index in [0.29, 0.717) is 5.69 Å². The van der Waals surface area contributed by atoms with Crippen molar-refractivity contribution in [2.75, 3.05) is 12.8 Å². The van der Waals surface area contributed by atoms with Gasteiger partial charge in [-0.05, 0) is 24.3 Å². The van der Waals surface area contributed by atoms with Gasteiger partial charge in [-0.3, -0.25) is 0 Å². The van der Waals surface area contributed by atoms with Crippen molar-refractivity contribution < 1.29 is 14.3 Å². The molecule has 1 aromatic heterocycles. The quantitative estimate of drug-likeness (QED) is 0.849. The van der Waals surface area contributed by atoms with Gasteiger partial charge in [0.15, 0.2) is 5.82 Å². The van der Waals surface area contributed by atoms with Crippen molar-refractivity contribution in [3.05, 3.63) is 28.7 Å². The minimum Gasteiger partial charge on any atom is -0.437 e. The molecular weight excluding hydrogens is 304 g/mol. The van der Waals surface area contributed by atoms with Gasteiger partial charge in [0.25, 0.3) is 5.88 Å². The molecular formula is C10H9BrN4O3. The van der Waals surface area contributed by atoms with E-state index in [4.69, 9.17) is 10.5 Å². The van der Waals surface area contributed by atoms with Gasteiger partial charge in [0, 0.05) is 4.47 Å². The molecule has 0 unspecified atom stereocenters. The van der Waals surface area contributed by atoms with Crippen molar-refractivity contribution in [3.63, 3.8) is 0 Å². The van der Waals surface area contributed by atoms with Crippen LogP contribution in [0, 0.1) is 0 Å². The molecule has 2 rings (SSSR count). The molecule has 2 aromatic rings. The smallest absolute Gasteiger partial charge is 0.437 e. The molecule has 94 valence electrons. The molecule has 8 heteroatoms. The Morgan fingerprint density at radius 2 is 2.06 bits per heavy atom. The Morgan fingerprint density at radius 3 is 2.67 bits per heavy atom. The van der Waals surface area contributed by atoms with Crippen LogP contribution in [0.1, 0.15) is 0 Å². The number of carbonyl (C=O) groups is 1. The molecule has 18 heavy (non-hydrogen) atoms. The van der Waals surface area contributed by atoms with Crippen LogP contribution in [0.25, 0.3) is 5.69 Å². The molecule has 0 bridgehead atoms. The summed E-state index contributed by atoms with van der Waals surface area (Å²) in [5, 5.41) is 7.45. The molecule has 0 fully saturated rings. The van der Waals surface area contributed by atoms with Crippen LogP contribution in [0.3, 0.4) is 0 Å². The van der Waals surface area contributed by atoms with Crippen LogP contribution in [0.4, 0.5) is 10.6 Å². The first-order chi connectivity index (χ1) is 8.61. The van der Waals surface area contributed by atoms with Gasteiger partial charge in [0.1, 0.15) is 0 Å². The number of halogens is 1. The minimum atomic E-state index is -0.899. The maximum absolute atomic E-state index is 10.9. The van der Waals surface area contributed by atoms with Crippen molar-refractivity contribution in [1.29, 1.82) is 0 Å². The molecule has 0 saturated carbocycles. The summed E-state index contributed by atoms with van der Waals surface area (Å²) in [6, 6.07) is 7.24. The standard InChI is InChI=1S/C10H9BrN4O3/c1-17-10(16)18-9-8(12)15(14-13-9)7-4-2-6(11)3-5-7/h2-5H,12H2,1H3. The third-order valence-corrected chi connectivity index (χ3v) is 2.62. The summed E-state index contributed by atoms with van der Waals surface area (Å²) in [4.78, 5) is 10.9. The van der Waals surface area contributed by atoms with Crippen molar-refractivity contribution in [2.45, 2.75) is 0 Å². The summed E-state index contributed by atoms with van der Waals surface area (Å²) >= 11 is 3.32. The molecule has 0 radical (unpaired) electrons. The summed E-state index contributed by atoms with van der Waals surface area (Å²) in [5.41, 5.74) is 6.47. The maximum Gasteiger partial charge on any atom is 0.515 e. The first-order valence-electron chi connectivity index (χ1n) is 4.84. The number of benzene rings is 1. The lowest BCUT2D eigenvalue weighted by atomic mass is 10.3. The second-order valence-corrected chi connectivity index (χ2v) is 4.14. The number of rotatable bonds is 2. The molecule has 0 spiro atoms. The summed E-state index contributed by atoms with van der Waals surface area (Å²) < 4.78 is 11.3. The van der Waals surface area contributed by atoms with Crippen LogP contribution in [0.5, 0.6) is 5.88 Å². The van der Waals surface area contributed by atoms with E-state index < -0.39 is 6.16 Å². The second kappa shape index (κ2) is 5.05. The summed E-state index contributed by atoms with van der Waals surface area (Å²) in [6.45, 7) is 0. The Kier molecular flexibility index (Phi) is 3.47. The maximum atomic E-state index is 10.9. The van der Waals surface area contributed by atoms with Crippen LogP contribution in [-0.4, -0.2) is 28.3 Å². The van der Waals surface area contributed by atoms with Crippen molar-refractivity contribution in [2.24, 2.45) is 0 Å². The molecule has 0 atom stereocenters. The minimum absolute atomic E-state index is 0.0928. The Balaban J connectivity index is 2.30. The normalized spacial score (nSPS) is 10.1.